The standard InChI is InChI=1S/CHBClI/c3-2-1-4/h1H. The van der Waals surface area contributed by atoms with Crippen LogP contribution < -0.4 is 0 Å². The zero-order valence-corrected chi connectivity index (χ0v) is 4.82. The van der Waals surface area contributed by atoms with Gasteiger partial charge < -0.3 is 0 Å². The molecule has 0 fully saturated rings. The van der Waals surface area contributed by atoms with Crippen LogP contribution in [0.3, 0.4) is 0 Å². The average molecular weight is 186 g/mol. The molecule has 0 spiro atoms. The predicted octanol–water partition coefficient (Wildman–Crippen LogP) is 1.04. The minimum absolute atomic E-state index is 1.46. The molecule has 22 valence electrons. The molecule has 0 amide bonds. The Hall–Kier alpha value is 0.955. The van der Waals surface area contributed by atoms with E-state index in [4.69, 9.17) is 11.5 Å². The van der Waals surface area contributed by atoms with Gasteiger partial charge in [-0.2, -0.15) is 0 Å². The van der Waals surface area contributed by atoms with Crippen LogP contribution >= 0.6 is 34.1 Å². The fourth-order valence-electron chi connectivity index (χ4n) is 0. The van der Waals surface area contributed by atoms with Gasteiger partial charge in [0.15, 0.2) is 0 Å². The molecular formula is CHBClI. The van der Waals surface area contributed by atoms with Crippen molar-refractivity contribution in [3.8, 4) is 0 Å². The van der Waals surface area contributed by atoms with Crippen LogP contribution in [0.2, 0.25) is 0 Å². The second kappa shape index (κ2) is 3.95. The van der Waals surface area contributed by atoms with Gasteiger partial charge in [0.25, 0.3) is 0 Å². The van der Waals surface area contributed by atoms with Gasteiger partial charge in [0.1, 0.15) is 0 Å². The van der Waals surface area contributed by atoms with Crippen LogP contribution in [0.25, 0.3) is 0 Å². The van der Waals surface area contributed by atoms with E-state index in [9.17, 15) is 0 Å². The normalized spacial score (nSPS) is 7.50. The molecule has 0 bridgehead atoms. The molecule has 0 saturated heterocycles. The van der Waals surface area contributed by atoms with Gasteiger partial charge in [-0.25, -0.2) is 0 Å². The molecule has 0 heterocycles. The molecule has 0 aliphatic rings. The molecule has 0 unspecified atom stereocenters. The topological polar surface area (TPSA) is 0 Å². The Morgan fingerprint density at radius 1 is 2.00 bits per heavy atom. The second-order valence-electron chi connectivity index (χ2n) is 0.252. The summed E-state index contributed by atoms with van der Waals surface area (Å²) in [5.74, 6) is 0. The monoisotopic (exact) mass is 186 g/mol. The van der Waals surface area contributed by atoms with Crippen molar-refractivity contribution in [1.29, 1.82) is 0 Å². The summed E-state index contributed by atoms with van der Waals surface area (Å²) in [6, 6.07) is 0. The second-order valence-corrected chi connectivity index (χ2v) is 1.22. The summed E-state index contributed by atoms with van der Waals surface area (Å²) in [5.41, 5.74) is 0. The summed E-state index contributed by atoms with van der Waals surface area (Å²) in [6.07, 6.45) is 1.46. The van der Waals surface area contributed by atoms with Gasteiger partial charge in [-0.3, -0.25) is 0 Å². The van der Waals surface area contributed by atoms with E-state index in [-0.39, 0.29) is 0 Å². The number of hydrogen-bond acceptors (Lipinski definition) is 0. The first-order valence-electron chi connectivity index (χ1n) is 0.770. The van der Waals surface area contributed by atoms with E-state index in [1.165, 1.54) is 6.34 Å². The summed E-state index contributed by atoms with van der Waals surface area (Å²) >= 11 is 7.04. The minimum atomic E-state index is 1.46. The Morgan fingerprint density at radius 2 is 2.25 bits per heavy atom. The van der Waals surface area contributed by atoms with E-state index >= 15 is 0 Å². The fourth-order valence-corrected chi connectivity index (χ4v) is 0. The first kappa shape index (κ1) is 4.95. The van der Waals surface area contributed by atoms with Crippen molar-refractivity contribution >= 4 is 44.4 Å². The summed E-state index contributed by atoms with van der Waals surface area (Å²) in [7, 11) is 0. The average Bonchev–Trinajstić information content (AvgIpc) is 1.37. The molecule has 3 heteroatoms. The first-order valence-corrected chi connectivity index (χ1v) is 2.45. The molecule has 0 aliphatic carbocycles. The maximum atomic E-state index is 5.00. The van der Waals surface area contributed by atoms with Crippen LogP contribution in [0.15, 0.2) is 0 Å². The SMILES string of the molecule is ClB=CI. The quantitative estimate of drug-likeness (QED) is 0.391. The molecule has 0 saturated carbocycles. The van der Waals surface area contributed by atoms with E-state index in [0.29, 0.717) is 0 Å². The molecule has 0 aromatic heterocycles. The van der Waals surface area contributed by atoms with Crippen LogP contribution in [0, 0.1) is 0 Å². The first-order chi connectivity index (χ1) is 1.91. The van der Waals surface area contributed by atoms with E-state index in [2.05, 4.69) is 0 Å². The third-order valence-corrected chi connectivity index (χ3v) is 0.958. The van der Waals surface area contributed by atoms with Crippen molar-refractivity contribution in [2.24, 2.45) is 0 Å². The summed E-state index contributed by atoms with van der Waals surface area (Å²) in [6.45, 7) is 0. The number of rotatable bonds is 0. The van der Waals surface area contributed by atoms with Crippen molar-refractivity contribution in [1.82, 2.24) is 0 Å². The molecule has 0 aromatic carbocycles. The molecule has 0 aromatic rings. The van der Waals surface area contributed by atoms with Crippen molar-refractivity contribution in [2.75, 3.05) is 0 Å². The van der Waals surface area contributed by atoms with E-state index in [1.54, 1.807) is 3.97 Å². The molecule has 0 nitrogen and oxygen atoms in total. The van der Waals surface area contributed by atoms with Gasteiger partial charge in [0.05, 0.1) is 0 Å². The molecule has 0 aliphatic heterocycles. The zero-order valence-electron chi connectivity index (χ0n) is 1.91. The van der Waals surface area contributed by atoms with Crippen LogP contribution in [0.1, 0.15) is 0 Å². The Balaban J connectivity index is 2.55. The summed E-state index contributed by atoms with van der Waals surface area (Å²) in [5, 5.41) is 0. The van der Waals surface area contributed by atoms with Crippen LogP contribution in [0.4, 0.5) is 0 Å². The molecule has 0 atom stereocenters. The third kappa shape index (κ3) is 2.95. The van der Waals surface area contributed by atoms with Gasteiger partial charge in [0.2, 0.25) is 0 Å². The van der Waals surface area contributed by atoms with E-state index < -0.39 is 0 Å². The van der Waals surface area contributed by atoms with Gasteiger partial charge >= 0.3 is 44.4 Å². The van der Waals surface area contributed by atoms with Crippen LogP contribution in [-0.4, -0.2) is 10.3 Å². The van der Waals surface area contributed by atoms with Crippen molar-refractivity contribution in [3.63, 3.8) is 0 Å². The van der Waals surface area contributed by atoms with Gasteiger partial charge in [-0.15, -0.1) is 0 Å². The Labute approximate surface area is 44.5 Å². The maximum absolute atomic E-state index is 5.00. The molecule has 0 rings (SSSR count). The Morgan fingerprint density at radius 3 is 2.25 bits per heavy atom. The Kier molecular flexibility index (Phi) is 4.90. The summed E-state index contributed by atoms with van der Waals surface area (Å²) in [4.78, 5) is 0. The van der Waals surface area contributed by atoms with Gasteiger partial charge in [-0.05, 0) is 0 Å². The van der Waals surface area contributed by atoms with Crippen molar-refractivity contribution in [3.05, 3.63) is 0 Å². The molecule has 0 radical (unpaired) electrons. The van der Waals surface area contributed by atoms with Crippen molar-refractivity contribution < 1.29 is 0 Å². The summed E-state index contributed by atoms with van der Waals surface area (Å²) < 4.78 is 1.74. The van der Waals surface area contributed by atoms with Crippen LogP contribution in [0.5, 0.6) is 0 Å². The molecule has 0 N–H and O–H groups in total. The fraction of sp³-hybridized carbons (Fsp3) is 0. The van der Waals surface area contributed by atoms with Crippen LogP contribution in [-0.2, 0) is 0 Å². The number of halogens is 2. The van der Waals surface area contributed by atoms with Gasteiger partial charge in [0, 0.05) is 0 Å². The van der Waals surface area contributed by atoms with Gasteiger partial charge in [-0.1, -0.05) is 0 Å². The Bertz CT molecular complexity index is 23.2. The molecular weight excluding hydrogens is 185 g/mol. The van der Waals surface area contributed by atoms with E-state index in [1.807, 2.05) is 22.6 Å². The van der Waals surface area contributed by atoms with E-state index in [0.717, 1.165) is 0 Å². The zero-order chi connectivity index (χ0) is 3.41. The third-order valence-electron chi connectivity index (χ3n) is 0.0476. The van der Waals surface area contributed by atoms with Crippen molar-refractivity contribution in [2.45, 2.75) is 0 Å². The predicted molar refractivity (Wildman–Crippen MR) is 31.7 cm³/mol. The number of hydrogen-bond donors (Lipinski definition) is 0. The molecule has 4 heavy (non-hydrogen) atoms.